The fourth-order valence-electron chi connectivity index (χ4n) is 2.50. The molecule has 0 aliphatic carbocycles. The van der Waals surface area contributed by atoms with Gasteiger partial charge in [0.2, 0.25) is 11.8 Å². The van der Waals surface area contributed by atoms with Crippen LogP contribution in [0, 0.1) is 0 Å². The van der Waals surface area contributed by atoms with Gasteiger partial charge in [0.05, 0.1) is 12.8 Å². The number of hydrogen-bond donors (Lipinski definition) is 2. The van der Waals surface area contributed by atoms with Crippen LogP contribution < -0.4 is 15.4 Å². The van der Waals surface area contributed by atoms with Crippen LogP contribution in [0.1, 0.15) is 18.9 Å². The summed E-state index contributed by atoms with van der Waals surface area (Å²) in [6, 6.07) is 16.6. The van der Waals surface area contributed by atoms with Gasteiger partial charge in [0, 0.05) is 12.1 Å². The van der Waals surface area contributed by atoms with Crippen LogP contribution in [-0.2, 0) is 9.59 Å². The number of nitrogens with zero attached hydrogens (tertiary/aromatic N) is 2. The van der Waals surface area contributed by atoms with Crippen molar-refractivity contribution in [2.75, 3.05) is 12.4 Å². The molecule has 2 amide bonds. The predicted octanol–water partition coefficient (Wildman–Crippen LogP) is 3.04. The Balaban J connectivity index is 1.57. The van der Waals surface area contributed by atoms with Crippen molar-refractivity contribution < 1.29 is 14.3 Å². The molecule has 144 valence electrons. The molecule has 1 aliphatic rings. The molecule has 1 unspecified atom stereocenters. The summed E-state index contributed by atoms with van der Waals surface area (Å²) in [7, 11) is 1.58. The van der Waals surface area contributed by atoms with Gasteiger partial charge in [-0.05, 0) is 36.8 Å². The number of nitrogens with one attached hydrogen (secondary N) is 2. The van der Waals surface area contributed by atoms with E-state index >= 15 is 0 Å². The first kappa shape index (κ1) is 19.6. The summed E-state index contributed by atoms with van der Waals surface area (Å²) in [5.74, 6) is 0.208. The lowest BCUT2D eigenvalue weighted by Gasteiger charge is -2.08. The Morgan fingerprint density at radius 1 is 1.18 bits per heavy atom. The van der Waals surface area contributed by atoms with Gasteiger partial charge < -0.3 is 15.4 Å². The van der Waals surface area contributed by atoms with Crippen LogP contribution in [0.2, 0.25) is 0 Å². The Morgan fingerprint density at radius 3 is 2.57 bits per heavy atom. The van der Waals surface area contributed by atoms with E-state index in [0.29, 0.717) is 16.6 Å². The second kappa shape index (κ2) is 9.18. The molecule has 0 radical (unpaired) electrons. The highest BCUT2D eigenvalue weighted by atomic mass is 32.2. The zero-order valence-electron chi connectivity index (χ0n) is 15.5. The van der Waals surface area contributed by atoms with Crippen molar-refractivity contribution in [1.29, 1.82) is 0 Å². The maximum absolute atomic E-state index is 12.2. The summed E-state index contributed by atoms with van der Waals surface area (Å²) in [5, 5.41) is 13.6. The number of benzene rings is 2. The lowest BCUT2D eigenvalue weighted by molar-refractivity contribution is -0.122. The molecule has 1 saturated heterocycles. The van der Waals surface area contributed by atoms with Gasteiger partial charge in [-0.2, -0.15) is 5.10 Å². The molecule has 7 nitrogen and oxygen atoms in total. The quantitative estimate of drug-likeness (QED) is 0.580. The average Bonchev–Trinajstić information content (AvgIpc) is 3.06. The maximum Gasteiger partial charge on any atom is 0.240 e. The van der Waals surface area contributed by atoms with E-state index in [1.807, 2.05) is 37.3 Å². The van der Waals surface area contributed by atoms with Crippen molar-refractivity contribution in [1.82, 2.24) is 5.32 Å². The Labute approximate surface area is 167 Å². The lowest BCUT2D eigenvalue weighted by atomic mass is 10.1. The van der Waals surface area contributed by atoms with E-state index in [9.17, 15) is 9.59 Å². The van der Waals surface area contributed by atoms with Crippen LogP contribution in [0.15, 0.2) is 64.8 Å². The van der Waals surface area contributed by atoms with Gasteiger partial charge in [-0.1, -0.05) is 42.1 Å². The monoisotopic (exact) mass is 396 g/mol. The molecule has 0 aromatic heterocycles. The zero-order chi connectivity index (χ0) is 19.9. The summed E-state index contributed by atoms with van der Waals surface area (Å²) in [6.07, 6.45) is 0.0446. The van der Waals surface area contributed by atoms with Crippen LogP contribution >= 0.6 is 11.8 Å². The molecule has 1 heterocycles. The topological polar surface area (TPSA) is 92.2 Å². The van der Waals surface area contributed by atoms with Gasteiger partial charge in [-0.25, -0.2) is 0 Å². The summed E-state index contributed by atoms with van der Waals surface area (Å²) in [4.78, 5) is 24.3. The van der Waals surface area contributed by atoms with Gasteiger partial charge in [0.25, 0.3) is 0 Å². The van der Waals surface area contributed by atoms with Crippen molar-refractivity contribution in [3.63, 3.8) is 0 Å². The molecule has 0 saturated carbocycles. The number of carbonyl (C=O) groups is 2. The van der Waals surface area contributed by atoms with E-state index in [4.69, 9.17) is 4.74 Å². The molecule has 2 aromatic rings. The number of ether oxygens (including phenoxy) is 1. The van der Waals surface area contributed by atoms with Crippen LogP contribution in [0.4, 0.5) is 5.69 Å². The second-order valence-electron chi connectivity index (χ2n) is 6.03. The number of carbonyl (C=O) groups excluding carboxylic acids is 2. The summed E-state index contributed by atoms with van der Waals surface area (Å²) in [6.45, 7) is 1.85. The van der Waals surface area contributed by atoms with Crippen molar-refractivity contribution in [3.8, 4) is 5.75 Å². The summed E-state index contributed by atoms with van der Waals surface area (Å²) < 4.78 is 5.08. The van der Waals surface area contributed by atoms with Gasteiger partial charge in [-0.15, -0.1) is 5.10 Å². The number of amidine groups is 1. The highest BCUT2D eigenvalue weighted by Gasteiger charge is 2.32. The Bertz CT molecular complexity index is 911. The van der Waals surface area contributed by atoms with Crippen molar-refractivity contribution in [2.45, 2.75) is 18.6 Å². The van der Waals surface area contributed by atoms with Crippen molar-refractivity contribution >= 4 is 40.1 Å². The maximum atomic E-state index is 12.2. The summed E-state index contributed by atoms with van der Waals surface area (Å²) in [5.41, 5.74) is 2.34. The largest absolute Gasteiger partial charge is 0.497 e. The van der Waals surface area contributed by atoms with E-state index in [1.54, 1.807) is 31.4 Å². The molecule has 2 aromatic carbocycles. The number of anilines is 1. The smallest absolute Gasteiger partial charge is 0.240 e. The van der Waals surface area contributed by atoms with Crippen LogP contribution in [0.3, 0.4) is 0 Å². The molecule has 3 rings (SSSR count). The highest BCUT2D eigenvalue weighted by molar-refractivity contribution is 8.15. The number of hydrogen-bond acceptors (Lipinski definition) is 6. The van der Waals surface area contributed by atoms with Gasteiger partial charge >= 0.3 is 0 Å². The second-order valence-corrected chi connectivity index (χ2v) is 7.22. The minimum absolute atomic E-state index is 0.0446. The van der Waals surface area contributed by atoms with E-state index in [1.165, 1.54) is 11.8 Å². The standard InChI is InChI=1S/C20H20N4O3S/c1-13(14-6-4-3-5-7-14)23-24-20-22-19(26)17(28-20)12-18(25)21-15-8-10-16(27-2)11-9-15/h3-11,17H,12H2,1-2H3,(H,21,25)(H,22,24,26)/b23-13+. The minimum Gasteiger partial charge on any atom is -0.497 e. The molecular formula is C20H20N4O3S. The lowest BCUT2D eigenvalue weighted by Crippen LogP contribution is -2.28. The van der Waals surface area contributed by atoms with E-state index < -0.39 is 5.25 Å². The first-order chi connectivity index (χ1) is 13.5. The van der Waals surface area contributed by atoms with Crippen molar-refractivity contribution in [3.05, 3.63) is 60.2 Å². The van der Waals surface area contributed by atoms with Gasteiger partial charge in [0.1, 0.15) is 11.0 Å². The molecule has 0 spiro atoms. The fourth-order valence-corrected chi connectivity index (χ4v) is 3.42. The third kappa shape index (κ3) is 5.20. The molecule has 1 atom stereocenters. The number of rotatable bonds is 6. The summed E-state index contributed by atoms with van der Waals surface area (Å²) >= 11 is 1.20. The molecule has 1 aliphatic heterocycles. The molecule has 8 heteroatoms. The van der Waals surface area contributed by atoms with Crippen LogP contribution in [-0.4, -0.2) is 35.1 Å². The van der Waals surface area contributed by atoms with Crippen LogP contribution in [0.5, 0.6) is 5.75 Å². The molecule has 28 heavy (non-hydrogen) atoms. The van der Waals surface area contributed by atoms with E-state index in [-0.39, 0.29) is 18.2 Å². The van der Waals surface area contributed by atoms with Crippen LogP contribution in [0.25, 0.3) is 0 Å². The third-order valence-corrected chi connectivity index (χ3v) is 5.08. The predicted molar refractivity (Wildman–Crippen MR) is 112 cm³/mol. The van der Waals surface area contributed by atoms with E-state index in [0.717, 1.165) is 11.3 Å². The number of thioether (sulfide) groups is 1. The van der Waals surface area contributed by atoms with Gasteiger partial charge in [-0.3, -0.25) is 9.59 Å². The van der Waals surface area contributed by atoms with E-state index in [2.05, 4.69) is 20.8 Å². The minimum atomic E-state index is -0.538. The number of amides is 2. The average molecular weight is 396 g/mol. The zero-order valence-corrected chi connectivity index (χ0v) is 16.3. The Kier molecular flexibility index (Phi) is 6.44. The van der Waals surface area contributed by atoms with Gasteiger partial charge in [0.15, 0.2) is 5.17 Å². The first-order valence-corrected chi connectivity index (χ1v) is 9.52. The normalized spacial score (nSPS) is 18.1. The van der Waals surface area contributed by atoms with Crippen molar-refractivity contribution in [2.24, 2.45) is 10.2 Å². The molecule has 0 bridgehead atoms. The first-order valence-electron chi connectivity index (χ1n) is 8.64. The fraction of sp³-hybridized carbons (Fsp3) is 0.200. The Hall–Kier alpha value is -3.13. The SMILES string of the molecule is COc1ccc(NC(=O)CC2S/C(=N/N=C(\C)c3ccccc3)NC2=O)cc1. The number of methoxy groups -OCH3 is 1. The molecular weight excluding hydrogens is 376 g/mol. The third-order valence-electron chi connectivity index (χ3n) is 4.00. The molecule has 2 N–H and O–H groups in total. The highest BCUT2D eigenvalue weighted by Crippen LogP contribution is 2.23. The Morgan fingerprint density at radius 2 is 1.89 bits per heavy atom. The molecule has 1 fully saturated rings.